The van der Waals surface area contributed by atoms with Crippen LogP contribution >= 0.6 is 12.4 Å². The van der Waals surface area contributed by atoms with Gasteiger partial charge in [0.05, 0.1) is 5.75 Å². The Kier molecular flexibility index (Phi) is 7.17. The Morgan fingerprint density at radius 1 is 1.53 bits per heavy atom. The summed E-state index contributed by atoms with van der Waals surface area (Å²) in [4.78, 5) is 0. The van der Waals surface area contributed by atoms with Crippen LogP contribution in [0.15, 0.2) is 12.7 Å². The molecule has 1 aliphatic heterocycles. The lowest BCUT2D eigenvalue weighted by atomic mass is 10.1. The van der Waals surface area contributed by atoms with Crippen molar-refractivity contribution in [3.63, 3.8) is 0 Å². The summed E-state index contributed by atoms with van der Waals surface area (Å²) in [6.45, 7) is 5.24. The van der Waals surface area contributed by atoms with Gasteiger partial charge in [0.2, 0.25) is 10.0 Å². The molecule has 1 aliphatic rings. The van der Waals surface area contributed by atoms with Crippen molar-refractivity contribution >= 4 is 22.4 Å². The van der Waals surface area contributed by atoms with Crippen molar-refractivity contribution in [2.24, 2.45) is 0 Å². The van der Waals surface area contributed by atoms with Crippen molar-refractivity contribution in [2.75, 3.05) is 18.8 Å². The van der Waals surface area contributed by atoms with Crippen LogP contribution in [0, 0.1) is 0 Å². The second-order valence-electron chi connectivity index (χ2n) is 3.56. The van der Waals surface area contributed by atoms with Crippen LogP contribution in [-0.2, 0) is 10.0 Å². The molecule has 1 rings (SSSR count). The highest BCUT2D eigenvalue weighted by Crippen LogP contribution is 2.03. The average Bonchev–Trinajstić information content (AvgIpc) is 2.16. The van der Waals surface area contributed by atoms with Crippen molar-refractivity contribution in [2.45, 2.75) is 25.3 Å². The minimum atomic E-state index is -3.10. The summed E-state index contributed by atoms with van der Waals surface area (Å²) in [5.41, 5.74) is 0. The molecule has 1 heterocycles. The molecular weight excluding hydrogens is 236 g/mol. The van der Waals surface area contributed by atoms with Crippen molar-refractivity contribution in [3.8, 4) is 0 Å². The summed E-state index contributed by atoms with van der Waals surface area (Å²) >= 11 is 0. The summed E-state index contributed by atoms with van der Waals surface area (Å²) < 4.78 is 25.6. The Balaban J connectivity index is 0.00000196. The zero-order chi connectivity index (χ0) is 10.4. The predicted octanol–water partition coefficient (Wildman–Crippen LogP) is 0.656. The second-order valence-corrected chi connectivity index (χ2v) is 5.43. The fourth-order valence-electron chi connectivity index (χ4n) is 1.50. The van der Waals surface area contributed by atoms with Gasteiger partial charge in [-0.1, -0.05) is 6.08 Å². The molecule has 0 aliphatic carbocycles. The molecule has 0 amide bonds. The van der Waals surface area contributed by atoms with Crippen molar-refractivity contribution in [1.29, 1.82) is 0 Å². The maximum Gasteiger partial charge on any atom is 0.212 e. The van der Waals surface area contributed by atoms with Gasteiger partial charge >= 0.3 is 0 Å². The smallest absolute Gasteiger partial charge is 0.212 e. The first-order valence-corrected chi connectivity index (χ1v) is 6.61. The third-order valence-electron chi connectivity index (χ3n) is 2.23. The van der Waals surface area contributed by atoms with Gasteiger partial charge in [0.15, 0.2) is 0 Å². The van der Waals surface area contributed by atoms with Crippen LogP contribution in [0.1, 0.15) is 19.3 Å². The minimum absolute atomic E-state index is 0. The van der Waals surface area contributed by atoms with E-state index in [1.54, 1.807) is 6.08 Å². The van der Waals surface area contributed by atoms with Gasteiger partial charge in [0.1, 0.15) is 0 Å². The minimum Gasteiger partial charge on any atom is -0.315 e. The van der Waals surface area contributed by atoms with E-state index in [1.807, 2.05) is 0 Å². The van der Waals surface area contributed by atoms with E-state index < -0.39 is 10.0 Å². The molecule has 90 valence electrons. The van der Waals surface area contributed by atoms with Crippen molar-refractivity contribution in [1.82, 2.24) is 10.0 Å². The molecule has 4 nitrogen and oxygen atoms in total. The molecule has 1 saturated heterocycles. The van der Waals surface area contributed by atoms with E-state index in [9.17, 15) is 8.42 Å². The maximum atomic E-state index is 11.5. The number of rotatable bonds is 5. The molecule has 0 aromatic rings. The van der Waals surface area contributed by atoms with Gasteiger partial charge in [0, 0.05) is 12.6 Å². The SMILES string of the molecule is C=CCCS(=O)(=O)N[C@@H]1CCCNC1.Cl. The molecule has 1 atom stereocenters. The van der Waals surface area contributed by atoms with E-state index in [0.717, 1.165) is 25.9 Å². The van der Waals surface area contributed by atoms with E-state index in [4.69, 9.17) is 0 Å². The summed E-state index contributed by atoms with van der Waals surface area (Å²) in [6, 6.07) is 0.0681. The van der Waals surface area contributed by atoms with Gasteiger partial charge in [-0.05, 0) is 25.8 Å². The third-order valence-corrected chi connectivity index (χ3v) is 3.70. The summed E-state index contributed by atoms with van der Waals surface area (Å²) in [5.74, 6) is 0.146. The van der Waals surface area contributed by atoms with E-state index in [1.165, 1.54) is 0 Å². The number of allylic oxidation sites excluding steroid dienone is 1. The van der Waals surface area contributed by atoms with Gasteiger partial charge in [-0.3, -0.25) is 0 Å². The van der Waals surface area contributed by atoms with Crippen LogP contribution in [0.3, 0.4) is 0 Å². The Morgan fingerprint density at radius 3 is 2.80 bits per heavy atom. The van der Waals surface area contributed by atoms with Crippen LogP contribution in [0.2, 0.25) is 0 Å². The monoisotopic (exact) mass is 254 g/mol. The molecule has 0 aromatic heterocycles. The molecule has 2 N–H and O–H groups in total. The lowest BCUT2D eigenvalue weighted by Gasteiger charge is -2.23. The summed E-state index contributed by atoms with van der Waals surface area (Å²) in [5, 5.41) is 3.17. The van der Waals surface area contributed by atoms with Gasteiger partial charge in [0.25, 0.3) is 0 Å². The lowest BCUT2D eigenvalue weighted by molar-refractivity contribution is 0.428. The number of nitrogens with one attached hydrogen (secondary N) is 2. The van der Waals surface area contributed by atoms with Crippen LogP contribution in [-0.4, -0.2) is 33.3 Å². The van der Waals surface area contributed by atoms with E-state index in [0.29, 0.717) is 6.42 Å². The summed E-state index contributed by atoms with van der Waals surface area (Å²) in [6.07, 6.45) is 4.10. The lowest BCUT2D eigenvalue weighted by Crippen LogP contribution is -2.46. The van der Waals surface area contributed by atoms with Crippen LogP contribution in [0.4, 0.5) is 0 Å². The zero-order valence-electron chi connectivity index (χ0n) is 8.74. The third kappa shape index (κ3) is 6.14. The van der Waals surface area contributed by atoms with Crippen LogP contribution in [0.25, 0.3) is 0 Å². The molecule has 0 spiro atoms. The number of sulfonamides is 1. The Labute approximate surface area is 98.0 Å². The summed E-state index contributed by atoms with van der Waals surface area (Å²) in [7, 11) is -3.10. The molecule has 1 fully saturated rings. The first kappa shape index (κ1) is 14.9. The topological polar surface area (TPSA) is 58.2 Å². The fraction of sp³-hybridized carbons (Fsp3) is 0.778. The molecule has 0 radical (unpaired) electrons. The van der Waals surface area contributed by atoms with Gasteiger partial charge in [-0.25, -0.2) is 13.1 Å². The molecule has 0 aromatic carbocycles. The zero-order valence-corrected chi connectivity index (χ0v) is 10.4. The molecular formula is C9H19ClN2O2S. The standard InChI is InChI=1S/C9H18N2O2S.ClH/c1-2-3-7-14(12,13)11-9-5-4-6-10-8-9;/h2,9-11H,1,3-8H2;1H/t9-;/m1./s1. The highest BCUT2D eigenvalue weighted by atomic mass is 35.5. The van der Waals surface area contributed by atoms with Crippen LogP contribution in [0.5, 0.6) is 0 Å². The first-order chi connectivity index (χ1) is 6.64. The molecule has 0 saturated carbocycles. The normalized spacial score (nSPS) is 21.7. The van der Waals surface area contributed by atoms with E-state index >= 15 is 0 Å². The van der Waals surface area contributed by atoms with Gasteiger partial charge < -0.3 is 5.32 Å². The molecule has 15 heavy (non-hydrogen) atoms. The van der Waals surface area contributed by atoms with Crippen molar-refractivity contribution in [3.05, 3.63) is 12.7 Å². The van der Waals surface area contributed by atoms with Crippen molar-refractivity contribution < 1.29 is 8.42 Å². The van der Waals surface area contributed by atoms with Crippen LogP contribution < -0.4 is 10.0 Å². The average molecular weight is 255 g/mol. The van der Waals surface area contributed by atoms with Gasteiger partial charge in [-0.15, -0.1) is 19.0 Å². The number of piperidine rings is 1. The highest BCUT2D eigenvalue weighted by Gasteiger charge is 2.18. The molecule has 0 unspecified atom stereocenters. The largest absolute Gasteiger partial charge is 0.315 e. The Bertz CT molecular complexity index is 274. The fourth-order valence-corrected chi connectivity index (χ4v) is 2.81. The predicted molar refractivity (Wildman–Crippen MR) is 64.9 cm³/mol. The van der Waals surface area contributed by atoms with Gasteiger partial charge in [-0.2, -0.15) is 0 Å². The second kappa shape index (κ2) is 7.22. The molecule has 6 heteroatoms. The van der Waals surface area contributed by atoms with E-state index in [-0.39, 0.29) is 24.2 Å². The number of hydrogen-bond acceptors (Lipinski definition) is 3. The number of halogens is 1. The quantitative estimate of drug-likeness (QED) is 0.709. The maximum absolute atomic E-state index is 11.5. The highest BCUT2D eigenvalue weighted by molar-refractivity contribution is 7.89. The Hall–Kier alpha value is -0.100. The number of hydrogen-bond donors (Lipinski definition) is 2. The Morgan fingerprint density at radius 2 is 2.27 bits per heavy atom. The molecule has 0 bridgehead atoms. The first-order valence-electron chi connectivity index (χ1n) is 4.95. The van der Waals surface area contributed by atoms with E-state index in [2.05, 4.69) is 16.6 Å².